The number of methoxy groups -OCH3 is 1. The van der Waals surface area contributed by atoms with Gasteiger partial charge in [-0.15, -0.1) is 0 Å². The molecule has 200 valence electrons. The molecule has 2 fully saturated rings. The van der Waals surface area contributed by atoms with Crippen molar-refractivity contribution in [2.24, 2.45) is 0 Å². The number of hydrogen-bond donors (Lipinski definition) is 1. The summed E-state index contributed by atoms with van der Waals surface area (Å²) in [6.07, 6.45) is 0.909. The number of anilines is 1. The smallest absolute Gasteiger partial charge is 0.213 e. The Labute approximate surface area is 222 Å². The number of carbonyl (C=O) groups excluding carboxylic acids is 2. The number of rotatable bonds is 8. The monoisotopic (exact) mass is 517 g/mol. The highest BCUT2D eigenvalue weighted by atomic mass is 16.5. The minimum atomic E-state index is -0.0906. The van der Waals surface area contributed by atoms with Crippen molar-refractivity contribution in [1.29, 1.82) is 0 Å². The van der Waals surface area contributed by atoms with E-state index in [4.69, 9.17) is 9.47 Å². The van der Waals surface area contributed by atoms with Gasteiger partial charge in [-0.1, -0.05) is 30.3 Å². The number of aromatic nitrogens is 2. The van der Waals surface area contributed by atoms with E-state index in [1.165, 1.54) is 5.56 Å². The first kappa shape index (κ1) is 24.9. The number of fused-ring (bicyclic) bond motifs is 2. The van der Waals surface area contributed by atoms with E-state index in [-0.39, 0.29) is 11.6 Å². The first-order valence-electron chi connectivity index (χ1n) is 13.5. The molecule has 2 aromatic carbocycles. The Morgan fingerprint density at radius 1 is 0.868 bits per heavy atom. The van der Waals surface area contributed by atoms with Crippen molar-refractivity contribution >= 4 is 17.3 Å². The van der Waals surface area contributed by atoms with Crippen LogP contribution in [0.1, 0.15) is 44.1 Å². The summed E-state index contributed by atoms with van der Waals surface area (Å²) < 4.78 is 13.1. The molecule has 1 aromatic heterocycles. The van der Waals surface area contributed by atoms with Crippen molar-refractivity contribution in [2.45, 2.75) is 19.5 Å². The zero-order valence-corrected chi connectivity index (χ0v) is 21.9. The summed E-state index contributed by atoms with van der Waals surface area (Å²) in [5, 5.41) is 3.10. The van der Waals surface area contributed by atoms with Crippen LogP contribution in [-0.2, 0) is 17.8 Å². The molecule has 0 atom stereocenters. The number of nitrogens with zero attached hydrogens (tertiary/aromatic N) is 4. The summed E-state index contributed by atoms with van der Waals surface area (Å²) in [6, 6.07) is 13.7. The van der Waals surface area contributed by atoms with Crippen LogP contribution in [0.3, 0.4) is 0 Å². The predicted molar refractivity (Wildman–Crippen MR) is 144 cm³/mol. The molecule has 0 radical (unpaired) electrons. The number of benzene rings is 2. The SMILES string of the molecule is COc1cc(CN2CCOCC2)ccc1N1CCN(CCCn2[nH]c3c2C(=O)c2ccccc2C3=O)CC1. The number of H-pyrrole nitrogens is 1. The van der Waals surface area contributed by atoms with Crippen molar-refractivity contribution in [1.82, 2.24) is 19.6 Å². The third kappa shape index (κ3) is 4.77. The van der Waals surface area contributed by atoms with E-state index < -0.39 is 0 Å². The van der Waals surface area contributed by atoms with Gasteiger partial charge in [0.2, 0.25) is 11.6 Å². The first-order valence-corrected chi connectivity index (χ1v) is 13.5. The third-order valence-electron chi connectivity index (χ3n) is 7.93. The van der Waals surface area contributed by atoms with Crippen LogP contribution in [0, 0.1) is 0 Å². The summed E-state index contributed by atoms with van der Waals surface area (Å²) >= 11 is 0. The van der Waals surface area contributed by atoms with Crippen molar-refractivity contribution in [3.05, 3.63) is 70.5 Å². The summed E-state index contributed by atoms with van der Waals surface area (Å²) in [4.78, 5) is 32.9. The first-order chi connectivity index (χ1) is 18.6. The molecule has 9 heteroatoms. The Morgan fingerprint density at radius 3 is 2.34 bits per heavy atom. The molecule has 0 saturated carbocycles. The van der Waals surface area contributed by atoms with Crippen molar-refractivity contribution < 1.29 is 19.1 Å². The molecule has 2 saturated heterocycles. The van der Waals surface area contributed by atoms with Crippen LogP contribution in [0.15, 0.2) is 42.5 Å². The highest BCUT2D eigenvalue weighted by Crippen LogP contribution is 2.31. The van der Waals surface area contributed by atoms with E-state index in [0.717, 1.165) is 83.4 Å². The van der Waals surface area contributed by atoms with Crippen LogP contribution in [0.2, 0.25) is 0 Å². The maximum absolute atomic E-state index is 12.9. The molecule has 3 aliphatic rings. The van der Waals surface area contributed by atoms with Crippen LogP contribution >= 0.6 is 0 Å². The number of carbonyl (C=O) groups is 2. The van der Waals surface area contributed by atoms with Gasteiger partial charge in [0.25, 0.3) is 0 Å². The van der Waals surface area contributed by atoms with Gasteiger partial charge in [-0.3, -0.25) is 29.2 Å². The average molecular weight is 518 g/mol. The van der Waals surface area contributed by atoms with Gasteiger partial charge in [0.15, 0.2) is 0 Å². The minimum absolute atomic E-state index is 0.0625. The van der Waals surface area contributed by atoms with Crippen molar-refractivity contribution in [2.75, 3.05) is 71.0 Å². The Morgan fingerprint density at radius 2 is 1.61 bits per heavy atom. The number of nitrogens with one attached hydrogen (secondary N) is 1. The van der Waals surface area contributed by atoms with Crippen molar-refractivity contribution in [3.8, 4) is 5.75 Å². The standard InChI is InChI=1S/C29H35N5O4/c1-37-25-19-21(20-32-15-17-38-18-16-32)7-8-24(25)33-13-11-31(12-14-33)9-4-10-34-27-26(30-34)28(35)22-5-2-3-6-23(22)29(27)36/h2-3,5-8,19,30H,4,9-18,20H2,1H3. The quantitative estimate of drug-likeness (QED) is 0.385. The van der Waals surface area contributed by atoms with Gasteiger partial charge in [0.05, 0.1) is 26.0 Å². The summed E-state index contributed by atoms with van der Waals surface area (Å²) in [7, 11) is 1.75. The molecule has 0 bridgehead atoms. The summed E-state index contributed by atoms with van der Waals surface area (Å²) in [5.74, 6) is 0.782. The number of aromatic amines is 1. The zero-order chi connectivity index (χ0) is 26.1. The Balaban J connectivity index is 1.00. The summed E-state index contributed by atoms with van der Waals surface area (Å²) in [6.45, 7) is 9.96. The van der Waals surface area contributed by atoms with Gasteiger partial charge < -0.3 is 14.4 Å². The van der Waals surface area contributed by atoms with E-state index in [1.807, 2.05) is 4.68 Å². The fraction of sp³-hybridized carbons (Fsp3) is 0.448. The molecule has 2 aliphatic heterocycles. The van der Waals surface area contributed by atoms with E-state index >= 15 is 0 Å². The lowest BCUT2D eigenvalue weighted by Crippen LogP contribution is -2.47. The second-order valence-electron chi connectivity index (χ2n) is 10.3. The topological polar surface area (TPSA) is 83.0 Å². The molecule has 38 heavy (non-hydrogen) atoms. The molecular formula is C29H35N5O4. The van der Waals surface area contributed by atoms with Gasteiger partial charge in [0.1, 0.15) is 17.1 Å². The maximum Gasteiger partial charge on any atom is 0.213 e. The number of ether oxygens (including phenoxy) is 2. The number of ketones is 2. The Hall–Kier alpha value is -3.40. The highest BCUT2D eigenvalue weighted by Gasteiger charge is 2.35. The molecule has 3 heterocycles. The molecule has 1 N–H and O–H groups in total. The average Bonchev–Trinajstić information content (AvgIpc) is 2.94. The fourth-order valence-corrected chi connectivity index (χ4v) is 5.79. The maximum atomic E-state index is 12.9. The van der Waals surface area contributed by atoms with Gasteiger partial charge in [0, 0.05) is 70.0 Å². The third-order valence-corrected chi connectivity index (χ3v) is 7.93. The van der Waals surface area contributed by atoms with Gasteiger partial charge >= 0.3 is 0 Å². The lowest BCUT2D eigenvalue weighted by atomic mass is 9.89. The van der Waals surface area contributed by atoms with Gasteiger partial charge in [-0.2, -0.15) is 0 Å². The Kier molecular flexibility index (Phi) is 7.06. The fourth-order valence-electron chi connectivity index (χ4n) is 5.79. The number of aryl methyl sites for hydroxylation is 1. The molecule has 0 spiro atoms. The molecule has 6 rings (SSSR count). The molecule has 9 nitrogen and oxygen atoms in total. The van der Waals surface area contributed by atoms with Crippen LogP contribution < -0.4 is 9.64 Å². The van der Waals surface area contributed by atoms with E-state index in [2.05, 4.69) is 38.0 Å². The van der Waals surface area contributed by atoms with Gasteiger partial charge in [-0.25, -0.2) is 0 Å². The van der Waals surface area contributed by atoms with Crippen LogP contribution in [0.5, 0.6) is 5.75 Å². The molecule has 3 aromatic rings. The van der Waals surface area contributed by atoms with E-state index in [1.54, 1.807) is 31.4 Å². The molecule has 0 unspecified atom stereocenters. The summed E-state index contributed by atoms with van der Waals surface area (Å²) in [5.41, 5.74) is 4.37. The van der Waals surface area contributed by atoms with Gasteiger partial charge in [-0.05, 0) is 24.1 Å². The second kappa shape index (κ2) is 10.8. The molecular weight excluding hydrogens is 482 g/mol. The number of piperazine rings is 1. The Bertz CT molecular complexity index is 1310. The minimum Gasteiger partial charge on any atom is -0.495 e. The number of hydrogen-bond acceptors (Lipinski definition) is 7. The van der Waals surface area contributed by atoms with Crippen LogP contribution in [-0.4, -0.2) is 97.3 Å². The van der Waals surface area contributed by atoms with Crippen LogP contribution in [0.25, 0.3) is 0 Å². The molecule has 1 aliphatic carbocycles. The van der Waals surface area contributed by atoms with E-state index in [9.17, 15) is 9.59 Å². The predicted octanol–water partition coefficient (Wildman–Crippen LogP) is 2.64. The molecule has 0 amide bonds. The van der Waals surface area contributed by atoms with Crippen molar-refractivity contribution in [3.63, 3.8) is 0 Å². The van der Waals surface area contributed by atoms with E-state index in [0.29, 0.717) is 29.1 Å². The lowest BCUT2D eigenvalue weighted by molar-refractivity contribution is 0.0341. The van der Waals surface area contributed by atoms with Crippen LogP contribution in [0.4, 0.5) is 5.69 Å². The zero-order valence-electron chi connectivity index (χ0n) is 21.9. The largest absolute Gasteiger partial charge is 0.495 e. The second-order valence-corrected chi connectivity index (χ2v) is 10.3. The number of morpholine rings is 1. The normalized spacial score (nSPS) is 18.5. The lowest BCUT2D eigenvalue weighted by Gasteiger charge is -2.37. The highest BCUT2D eigenvalue weighted by molar-refractivity contribution is 6.27.